The van der Waals surface area contributed by atoms with Gasteiger partial charge in [0.25, 0.3) is 5.56 Å². The first-order valence-electron chi connectivity index (χ1n) is 4.36. The van der Waals surface area contributed by atoms with Gasteiger partial charge in [0.15, 0.2) is 0 Å². The van der Waals surface area contributed by atoms with Crippen molar-refractivity contribution in [3.05, 3.63) is 49.2 Å². The fourth-order valence-corrected chi connectivity index (χ4v) is 1.96. The SMILES string of the molecule is Cc1csc(Cn2ccc(=O)[nH]c2=O)n1. The Balaban J connectivity index is 2.32. The van der Waals surface area contributed by atoms with Gasteiger partial charge in [-0.2, -0.15) is 0 Å². The predicted molar refractivity (Wildman–Crippen MR) is 57.3 cm³/mol. The molecule has 0 amide bonds. The lowest BCUT2D eigenvalue weighted by atomic mass is 10.5. The average molecular weight is 223 g/mol. The van der Waals surface area contributed by atoms with Crippen molar-refractivity contribution in [2.75, 3.05) is 0 Å². The molecular weight excluding hydrogens is 214 g/mol. The molecular formula is C9H9N3O2S. The summed E-state index contributed by atoms with van der Waals surface area (Å²) in [6.07, 6.45) is 1.47. The van der Waals surface area contributed by atoms with Crippen LogP contribution in [0.2, 0.25) is 0 Å². The second kappa shape index (κ2) is 3.82. The molecule has 0 saturated carbocycles. The quantitative estimate of drug-likeness (QED) is 0.798. The second-order valence-electron chi connectivity index (χ2n) is 3.12. The fourth-order valence-electron chi connectivity index (χ4n) is 1.19. The van der Waals surface area contributed by atoms with Crippen LogP contribution < -0.4 is 11.2 Å². The molecule has 5 nitrogen and oxygen atoms in total. The molecule has 0 aliphatic carbocycles. The Morgan fingerprint density at radius 2 is 2.33 bits per heavy atom. The van der Waals surface area contributed by atoms with E-state index < -0.39 is 5.69 Å². The van der Waals surface area contributed by atoms with E-state index in [2.05, 4.69) is 9.97 Å². The van der Waals surface area contributed by atoms with Crippen LogP contribution in [0, 0.1) is 6.92 Å². The maximum Gasteiger partial charge on any atom is 0.328 e. The van der Waals surface area contributed by atoms with Crippen LogP contribution in [0.25, 0.3) is 0 Å². The predicted octanol–water partition coefficient (Wildman–Crippen LogP) is 0.350. The number of H-pyrrole nitrogens is 1. The van der Waals surface area contributed by atoms with Crippen LogP contribution in [0.5, 0.6) is 0 Å². The van der Waals surface area contributed by atoms with Crippen molar-refractivity contribution in [3.8, 4) is 0 Å². The molecule has 0 saturated heterocycles. The lowest BCUT2D eigenvalue weighted by Crippen LogP contribution is -2.28. The molecule has 0 radical (unpaired) electrons. The van der Waals surface area contributed by atoms with Gasteiger partial charge in [-0.05, 0) is 6.92 Å². The van der Waals surface area contributed by atoms with Crippen molar-refractivity contribution >= 4 is 11.3 Å². The molecule has 6 heteroatoms. The molecule has 0 bridgehead atoms. The summed E-state index contributed by atoms with van der Waals surface area (Å²) in [6.45, 7) is 2.30. The maximum atomic E-state index is 11.3. The highest BCUT2D eigenvalue weighted by molar-refractivity contribution is 7.09. The van der Waals surface area contributed by atoms with E-state index >= 15 is 0 Å². The zero-order chi connectivity index (χ0) is 10.8. The van der Waals surface area contributed by atoms with Gasteiger partial charge in [-0.15, -0.1) is 11.3 Å². The molecule has 0 fully saturated rings. The third-order valence-corrected chi connectivity index (χ3v) is 2.82. The zero-order valence-corrected chi connectivity index (χ0v) is 8.87. The van der Waals surface area contributed by atoms with Crippen LogP contribution in [-0.4, -0.2) is 14.5 Å². The van der Waals surface area contributed by atoms with Gasteiger partial charge in [-0.1, -0.05) is 0 Å². The molecule has 1 N–H and O–H groups in total. The number of aromatic amines is 1. The minimum absolute atomic E-state index is 0.383. The summed E-state index contributed by atoms with van der Waals surface area (Å²) in [4.78, 5) is 28.6. The lowest BCUT2D eigenvalue weighted by molar-refractivity contribution is 0.715. The summed E-state index contributed by atoms with van der Waals surface area (Å²) in [5, 5.41) is 2.77. The minimum atomic E-state index is -0.407. The smallest absolute Gasteiger partial charge is 0.294 e. The molecule has 2 heterocycles. The van der Waals surface area contributed by atoms with Gasteiger partial charge in [-0.3, -0.25) is 14.3 Å². The number of thiazole rings is 1. The lowest BCUT2D eigenvalue weighted by Gasteiger charge is -2.00. The molecule has 0 aliphatic rings. The Labute approximate surface area is 89.1 Å². The van der Waals surface area contributed by atoms with Gasteiger partial charge < -0.3 is 0 Å². The Morgan fingerprint density at radius 3 is 2.93 bits per heavy atom. The second-order valence-corrected chi connectivity index (χ2v) is 4.06. The van der Waals surface area contributed by atoms with E-state index in [0.717, 1.165) is 10.7 Å². The molecule has 0 spiro atoms. The van der Waals surface area contributed by atoms with Crippen LogP contribution in [0.1, 0.15) is 10.7 Å². The number of nitrogens with zero attached hydrogens (tertiary/aromatic N) is 2. The number of hydrogen-bond acceptors (Lipinski definition) is 4. The highest BCUT2D eigenvalue weighted by Crippen LogP contribution is 2.08. The molecule has 0 aromatic carbocycles. The number of aromatic nitrogens is 3. The van der Waals surface area contributed by atoms with Crippen molar-refractivity contribution in [1.29, 1.82) is 0 Å². The van der Waals surface area contributed by atoms with Crippen LogP contribution in [0.4, 0.5) is 0 Å². The van der Waals surface area contributed by atoms with E-state index in [1.54, 1.807) is 0 Å². The summed E-state index contributed by atoms with van der Waals surface area (Å²) in [7, 11) is 0. The molecule has 0 aliphatic heterocycles. The largest absolute Gasteiger partial charge is 0.328 e. The number of rotatable bonds is 2. The van der Waals surface area contributed by atoms with Crippen molar-refractivity contribution in [2.24, 2.45) is 0 Å². The van der Waals surface area contributed by atoms with Crippen LogP contribution >= 0.6 is 11.3 Å². The summed E-state index contributed by atoms with van der Waals surface area (Å²) < 4.78 is 1.42. The topological polar surface area (TPSA) is 67.8 Å². The summed E-state index contributed by atoms with van der Waals surface area (Å²) in [5.41, 5.74) is 0.148. The van der Waals surface area contributed by atoms with Crippen LogP contribution in [-0.2, 0) is 6.54 Å². The Bertz CT molecular complexity index is 581. The van der Waals surface area contributed by atoms with E-state index in [1.807, 2.05) is 12.3 Å². The molecule has 2 rings (SSSR count). The first-order valence-corrected chi connectivity index (χ1v) is 5.24. The van der Waals surface area contributed by atoms with Gasteiger partial charge >= 0.3 is 5.69 Å². The standard InChI is InChI=1S/C9H9N3O2S/c1-6-5-15-8(10-6)4-12-3-2-7(13)11-9(12)14/h2-3,5H,4H2,1H3,(H,11,13,14). The summed E-state index contributed by atoms with van der Waals surface area (Å²) in [5.74, 6) is 0. The molecule has 2 aromatic rings. The van der Waals surface area contributed by atoms with E-state index in [4.69, 9.17) is 0 Å². The van der Waals surface area contributed by atoms with Gasteiger partial charge in [0.05, 0.1) is 6.54 Å². The third kappa shape index (κ3) is 2.21. The zero-order valence-electron chi connectivity index (χ0n) is 8.06. The van der Waals surface area contributed by atoms with Crippen molar-refractivity contribution in [2.45, 2.75) is 13.5 Å². The molecule has 78 valence electrons. The number of hydrogen-bond donors (Lipinski definition) is 1. The average Bonchev–Trinajstić information content (AvgIpc) is 2.56. The van der Waals surface area contributed by atoms with E-state index in [0.29, 0.717) is 6.54 Å². The van der Waals surface area contributed by atoms with Crippen molar-refractivity contribution in [3.63, 3.8) is 0 Å². The fraction of sp³-hybridized carbons (Fsp3) is 0.222. The monoisotopic (exact) mass is 223 g/mol. The number of nitrogens with one attached hydrogen (secondary N) is 1. The van der Waals surface area contributed by atoms with E-state index in [9.17, 15) is 9.59 Å². The minimum Gasteiger partial charge on any atom is -0.294 e. The highest BCUT2D eigenvalue weighted by Gasteiger charge is 2.01. The molecule has 0 atom stereocenters. The van der Waals surface area contributed by atoms with Gasteiger partial charge in [0.1, 0.15) is 5.01 Å². The molecule has 2 aromatic heterocycles. The first kappa shape index (κ1) is 9.85. The van der Waals surface area contributed by atoms with Crippen LogP contribution in [0.3, 0.4) is 0 Å². The Morgan fingerprint density at radius 1 is 1.53 bits per heavy atom. The molecule has 0 unspecified atom stereocenters. The van der Waals surface area contributed by atoms with Gasteiger partial charge in [0, 0.05) is 23.3 Å². The Hall–Kier alpha value is -1.69. The van der Waals surface area contributed by atoms with Crippen molar-refractivity contribution in [1.82, 2.24) is 14.5 Å². The van der Waals surface area contributed by atoms with Gasteiger partial charge in [-0.25, -0.2) is 9.78 Å². The number of aryl methyl sites for hydroxylation is 1. The normalized spacial score (nSPS) is 10.5. The summed E-state index contributed by atoms with van der Waals surface area (Å²) in [6, 6.07) is 1.32. The van der Waals surface area contributed by atoms with E-state index in [1.165, 1.54) is 28.2 Å². The maximum absolute atomic E-state index is 11.3. The summed E-state index contributed by atoms with van der Waals surface area (Å²) >= 11 is 1.49. The van der Waals surface area contributed by atoms with Gasteiger partial charge in [0.2, 0.25) is 0 Å². The van der Waals surface area contributed by atoms with Crippen molar-refractivity contribution < 1.29 is 0 Å². The Kier molecular flexibility index (Phi) is 2.51. The van der Waals surface area contributed by atoms with Crippen LogP contribution in [0.15, 0.2) is 27.2 Å². The highest BCUT2D eigenvalue weighted by atomic mass is 32.1. The first-order chi connectivity index (χ1) is 7.15. The molecule has 15 heavy (non-hydrogen) atoms. The van der Waals surface area contributed by atoms with E-state index in [-0.39, 0.29) is 5.56 Å². The third-order valence-electron chi connectivity index (χ3n) is 1.87.